The number of anilines is 1. The van der Waals surface area contributed by atoms with E-state index in [1.54, 1.807) is 6.07 Å². The molecule has 0 aliphatic heterocycles. The second-order valence-corrected chi connectivity index (χ2v) is 6.50. The lowest BCUT2D eigenvalue weighted by molar-refractivity contribution is -0.115. The van der Waals surface area contributed by atoms with E-state index in [2.05, 4.69) is 15.8 Å². The standard InChI is InChI=1S/C18H17N3O3S/c1-11-5-3-6-12(2)17(11)20-16(22)10-19-18(23)13-9-14(24-21-13)15-7-4-8-25-15/h3-9H,10H2,1-2H3,(H,19,23)(H,20,22). The normalized spacial score (nSPS) is 10.5. The number of hydrogen-bond acceptors (Lipinski definition) is 5. The molecule has 3 aromatic rings. The van der Waals surface area contributed by atoms with Crippen molar-refractivity contribution >= 4 is 28.8 Å². The Morgan fingerprint density at radius 2 is 1.92 bits per heavy atom. The van der Waals surface area contributed by atoms with Gasteiger partial charge in [-0.1, -0.05) is 29.4 Å². The minimum absolute atomic E-state index is 0.142. The number of carbonyl (C=O) groups excluding carboxylic acids is 2. The average Bonchev–Trinajstić information content (AvgIpc) is 3.27. The number of nitrogens with one attached hydrogen (secondary N) is 2. The molecule has 2 heterocycles. The van der Waals surface area contributed by atoms with Crippen LogP contribution in [-0.4, -0.2) is 23.5 Å². The zero-order valence-corrected chi connectivity index (χ0v) is 14.6. The van der Waals surface area contributed by atoms with Gasteiger partial charge in [-0.2, -0.15) is 0 Å². The van der Waals surface area contributed by atoms with Gasteiger partial charge in [-0.15, -0.1) is 11.3 Å². The van der Waals surface area contributed by atoms with Crippen molar-refractivity contribution in [2.45, 2.75) is 13.8 Å². The molecule has 1 aromatic carbocycles. The molecule has 128 valence electrons. The van der Waals surface area contributed by atoms with Crippen molar-refractivity contribution in [3.05, 3.63) is 58.6 Å². The second-order valence-electron chi connectivity index (χ2n) is 5.55. The summed E-state index contributed by atoms with van der Waals surface area (Å²) in [7, 11) is 0. The summed E-state index contributed by atoms with van der Waals surface area (Å²) >= 11 is 1.49. The Balaban J connectivity index is 1.58. The van der Waals surface area contributed by atoms with Crippen LogP contribution in [0.25, 0.3) is 10.6 Å². The Morgan fingerprint density at radius 1 is 1.16 bits per heavy atom. The average molecular weight is 355 g/mol. The third-order valence-corrected chi connectivity index (χ3v) is 4.55. The van der Waals surface area contributed by atoms with E-state index in [-0.39, 0.29) is 18.1 Å². The van der Waals surface area contributed by atoms with Gasteiger partial charge in [0.05, 0.1) is 11.4 Å². The maximum Gasteiger partial charge on any atom is 0.273 e. The lowest BCUT2D eigenvalue weighted by atomic mass is 10.1. The molecule has 0 atom stereocenters. The van der Waals surface area contributed by atoms with Crippen molar-refractivity contribution in [1.82, 2.24) is 10.5 Å². The molecule has 0 unspecified atom stereocenters. The van der Waals surface area contributed by atoms with E-state index in [9.17, 15) is 9.59 Å². The fourth-order valence-corrected chi connectivity index (χ4v) is 3.04. The number of hydrogen-bond donors (Lipinski definition) is 2. The number of aromatic nitrogens is 1. The second kappa shape index (κ2) is 7.31. The predicted octanol–water partition coefficient (Wildman–Crippen LogP) is 3.39. The largest absolute Gasteiger partial charge is 0.355 e. The first-order valence-corrected chi connectivity index (χ1v) is 8.57. The van der Waals surface area contributed by atoms with E-state index in [1.807, 2.05) is 49.6 Å². The SMILES string of the molecule is Cc1cccc(C)c1NC(=O)CNC(=O)c1cc(-c2cccs2)on1. The fraction of sp³-hybridized carbons (Fsp3) is 0.167. The van der Waals surface area contributed by atoms with Gasteiger partial charge in [0.1, 0.15) is 0 Å². The van der Waals surface area contributed by atoms with Crippen LogP contribution in [0.4, 0.5) is 5.69 Å². The zero-order valence-electron chi connectivity index (χ0n) is 13.8. The Morgan fingerprint density at radius 3 is 2.60 bits per heavy atom. The van der Waals surface area contributed by atoms with Crippen LogP contribution in [0.2, 0.25) is 0 Å². The number of thiophene rings is 1. The highest BCUT2D eigenvalue weighted by Crippen LogP contribution is 2.25. The molecular formula is C18H17N3O3S. The van der Waals surface area contributed by atoms with Crippen LogP contribution in [0.15, 0.2) is 46.3 Å². The van der Waals surface area contributed by atoms with E-state index < -0.39 is 5.91 Å². The summed E-state index contributed by atoms with van der Waals surface area (Å²) in [5.41, 5.74) is 2.85. The van der Waals surface area contributed by atoms with Crippen molar-refractivity contribution in [3.8, 4) is 10.6 Å². The Hall–Kier alpha value is -2.93. The maximum atomic E-state index is 12.1. The lowest BCUT2D eigenvalue weighted by Gasteiger charge is -2.11. The summed E-state index contributed by atoms with van der Waals surface area (Å²) < 4.78 is 5.16. The van der Waals surface area contributed by atoms with Gasteiger partial charge in [0.25, 0.3) is 5.91 Å². The van der Waals surface area contributed by atoms with Crippen molar-refractivity contribution in [2.75, 3.05) is 11.9 Å². The monoisotopic (exact) mass is 355 g/mol. The molecule has 7 heteroatoms. The van der Waals surface area contributed by atoms with E-state index in [1.165, 1.54) is 11.3 Å². The van der Waals surface area contributed by atoms with Gasteiger partial charge >= 0.3 is 0 Å². The Bertz CT molecular complexity index is 880. The molecule has 2 amide bonds. The van der Waals surface area contributed by atoms with Crippen LogP contribution in [0.1, 0.15) is 21.6 Å². The third-order valence-electron chi connectivity index (χ3n) is 3.66. The summed E-state index contributed by atoms with van der Waals surface area (Å²) in [6.45, 7) is 3.69. The molecule has 2 aromatic heterocycles. The summed E-state index contributed by atoms with van der Waals surface area (Å²) in [5, 5.41) is 11.0. The molecule has 2 N–H and O–H groups in total. The fourth-order valence-electron chi connectivity index (χ4n) is 2.36. The van der Waals surface area contributed by atoms with Crippen LogP contribution in [0, 0.1) is 13.8 Å². The predicted molar refractivity (Wildman–Crippen MR) is 96.7 cm³/mol. The highest BCUT2D eigenvalue weighted by molar-refractivity contribution is 7.13. The van der Waals surface area contributed by atoms with E-state index >= 15 is 0 Å². The number of carbonyl (C=O) groups is 2. The van der Waals surface area contributed by atoms with Crippen molar-refractivity contribution in [2.24, 2.45) is 0 Å². The van der Waals surface area contributed by atoms with Gasteiger partial charge < -0.3 is 15.2 Å². The molecule has 0 aliphatic rings. The van der Waals surface area contributed by atoms with E-state index in [4.69, 9.17) is 4.52 Å². The quantitative estimate of drug-likeness (QED) is 0.735. The Kier molecular flexibility index (Phi) is 4.95. The molecule has 0 saturated heterocycles. The third kappa shape index (κ3) is 3.95. The highest BCUT2D eigenvalue weighted by Gasteiger charge is 2.15. The number of amides is 2. The lowest BCUT2D eigenvalue weighted by Crippen LogP contribution is -2.33. The first-order valence-electron chi connectivity index (χ1n) is 7.69. The summed E-state index contributed by atoms with van der Waals surface area (Å²) in [6, 6.07) is 11.1. The van der Waals surface area contributed by atoms with Crippen LogP contribution in [0.5, 0.6) is 0 Å². The van der Waals surface area contributed by atoms with E-state index in [0.717, 1.165) is 21.7 Å². The first kappa shape index (κ1) is 16.9. The molecule has 6 nitrogen and oxygen atoms in total. The maximum absolute atomic E-state index is 12.1. The number of rotatable bonds is 5. The number of benzene rings is 1. The van der Waals surface area contributed by atoms with Gasteiger partial charge in [-0.05, 0) is 36.4 Å². The first-order chi connectivity index (χ1) is 12.0. The van der Waals surface area contributed by atoms with Gasteiger partial charge in [-0.3, -0.25) is 9.59 Å². The minimum Gasteiger partial charge on any atom is -0.355 e. The molecule has 0 spiro atoms. The number of nitrogens with zero attached hydrogens (tertiary/aromatic N) is 1. The van der Waals surface area contributed by atoms with Crippen molar-refractivity contribution < 1.29 is 14.1 Å². The summed E-state index contributed by atoms with van der Waals surface area (Å²) in [4.78, 5) is 25.1. The highest BCUT2D eigenvalue weighted by atomic mass is 32.1. The topological polar surface area (TPSA) is 84.2 Å². The molecule has 0 aliphatic carbocycles. The molecule has 0 saturated carbocycles. The summed E-state index contributed by atoms with van der Waals surface area (Å²) in [6.07, 6.45) is 0. The minimum atomic E-state index is -0.455. The van der Waals surface area contributed by atoms with Crippen molar-refractivity contribution in [1.29, 1.82) is 0 Å². The smallest absolute Gasteiger partial charge is 0.273 e. The molecular weight excluding hydrogens is 338 g/mol. The van der Waals surface area contributed by atoms with Crippen molar-refractivity contribution in [3.63, 3.8) is 0 Å². The van der Waals surface area contributed by atoms with Crippen LogP contribution >= 0.6 is 11.3 Å². The van der Waals surface area contributed by atoms with Crippen LogP contribution in [-0.2, 0) is 4.79 Å². The number of aryl methyl sites for hydroxylation is 2. The van der Waals surface area contributed by atoms with Gasteiger partial charge in [0.15, 0.2) is 11.5 Å². The van der Waals surface area contributed by atoms with Gasteiger partial charge in [0, 0.05) is 11.8 Å². The zero-order chi connectivity index (χ0) is 17.8. The van der Waals surface area contributed by atoms with E-state index in [0.29, 0.717) is 5.76 Å². The molecule has 25 heavy (non-hydrogen) atoms. The van der Waals surface area contributed by atoms with Crippen LogP contribution in [0.3, 0.4) is 0 Å². The van der Waals surface area contributed by atoms with Crippen LogP contribution < -0.4 is 10.6 Å². The molecule has 3 rings (SSSR count). The number of para-hydroxylation sites is 1. The molecule has 0 bridgehead atoms. The molecule has 0 radical (unpaired) electrons. The molecule has 0 fully saturated rings. The summed E-state index contributed by atoms with van der Waals surface area (Å²) in [5.74, 6) is -0.226. The Labute approximate surface area is 148 Å². The van der Waals surface area contributed by atoms with Gasteiger partial charge in [0.2, 0.25) is 5.91 Å². The van der Waals surface area contributed by atoms with Gasteiger partial charge in [-0.25, -0.2) is 0 Å².